The molecule has 130 valence electrons. The number of halogens is 1. The van der Waals surface area contributed by atoms with E-state index in [1.165, 1.54) is 10.9 Å². The molecule has 3 aromatic rings. The van der Waals surface area contributed by atoms with Crippen LogP contribution >= 0.6 is 11.6 Å². The van der Waals surface area contributed by atoms with E-state index in [0.717, 1.165) is 5.56 Å². The number of imidazole rings is 1. The van der Waals surface area contributed by atoms with Crippen LogP contribution in [0.5, 0.6) is 0 Å². The fraction of sp³-hybridized carbons (Fsp3) is 0.312. The first-order chi connectivity index (χ1) is 12.1. The van der Waals surface area contributed by atoms with Crippen LogP contribution in [0.1, 0.15) is 6.23 Å². The van der Waals surface area contributed by atoms with Crippen LogP contribution in [0, 0.1) is 0 Å². The third-order valence-corrected chi connectivity index (χ3v) is 4.47. The Morgan fingerprint density at radius 2 is 1.88 bits per heavy atom. The van der Waals surface area contributed by atoms with Crippen LogP contribution < -0.4 is 0 Å². The molecule has 8 nitrogen and oxygen atoms in total. The molecule has 2 aromatic heterocycles. The number of hydrogen-bond donors (Lipinski definition) is 3. The molecule has 0 aliphatic carbocycles. The van der Waals surface area contributed by atoms with Crippen molar-refractivity contribution in [2.75, 3.05) is 6.61 Å². The number of ether oxygens (including phenoxy) is 1. The average molecular weight is 363 g/mol. The van der Waals surface area contributed by atoms with Crippen LogP contribution in [0.2, 0.25) is 5.15 Å². The third kappa shape index (κ3) is 2.68. The second-order valence-corrected chi connectivity index (χ2v) is 6.11. The molecular weight excluding hydrogens is 348 g/mol. The van der Waals surface area contributed by atoms with E-state index >= 15 is 0 Å². The van der Waals surface area contributed by atoms with Crippen molar-refractivity contribution in [1.29, 1.82) is 0 Å². The first kappa shape index (κ1) is 16.4. The maximum Gasteiger partial charge on any atom is 0.167 e. The standard InChI is InChI=1S/C16H15ClN4O4/c17-13-10-15(20-14(19-13)8-4-2-1-3-5-8)21(7-18-10)16-12(24)11(23)9(6-22)25-16/h1-5,7,9,11-12,16,22-24H,6H2/t9-,11-,12-,16-/m1/s1. The molecule has 4 rings (SSSR count). The van der Waals surface area contributed by atoms with Crippen LogP contribution in [-0.2, 0) is 4.74 Å². The zero-order chi connectivity index (χ0) is 17.6. The summed E-state index contributed by atoms with van der Waals surface area (Å²) < 4.78 is 7.03. The Hall–Kier alpha value is -2.10. The summed E-state index contributed by atoms with van der Waals surface area (Å²) in [4.78, 5) is 12.9. The molecule has 1 aliphatic heterocycles. The molecule has 0 spiro atoms. The Morgan fingerprint density at radius 3 is 2.56 bits per heavy atom. The molecule has 0 amide bonds. The van der Waals surface area contributed by atoms with E-state index in [9.17, 15) is 15.3 Å². The Bertz CT molecular complexity index is 904. The van der Waals surface area contributed by atoms with Crippen molar-refractivity contribution in [1.82, 2.24) is 19.5 Å². The van der Waals surface area contributed by atoms with E-state index in [0.29, 0.717) is 17.0 Å². The van der Waals surface area contributed by atoms with Gasteiger partial charge < -0.3 is 20.1 Å². The molecule has 3 heterocycles. The molecule has 4 atom stereocenters. The predicted molar refractivity (Wildman–Crippen MR) is 88.8 cm³/mol. The van der Waals surface area contributed by atoms with Gasteiger partial charge in [-0.3, -0.25) is 4.57 Å². The minimum absolute atomic E-state index is 0.175. The fourth-order valence-corrected chi connectivity index (χ4v) is 3.11. The van der Waals surface area contributed by atoms with Gasteiger partial charge in [-0.05, 0) is 0 Å². The minimum Gasteiger partial charge on any atom is -0.394 e. The van der Waals surface area contributed by atoms with E-state index in [-0.39, 0.29) is 5.15 Å². The lowest BCUT2D eigenvalue weighted by Crippen LogP contribution is -2.33. The number of hydrogen-bond acceptors (Lipinski definition) is 7. The van der Waals surface area contributed by atoms with E-state index in [1.54, 1.807) is 0 Å². The Labute approximate surface area is 147 Å². The van der Waals surface area contributed by atoms with Gasteiger partial charge in [0.25, 0.3) is 0 Å². The predicted octanol–water partition coefficient (Wildman–Crippen LogP) is 0.758. The average Bonchev–Trinajstić information content (AvgIpc) is 3.18. The highest BCUT2D eigenvalue weighted by Crippen LogP contribution is 2.33. The van der Waals surface area contributed by atoms with Crippen LogP contribution in [0.4, 0.5) is 0 Å². The molecular formula is C16H15ClN4O4. The second-order valence-electron chi connectivity index (χ2n) is 5.76. The van der Waals surface area contributed by atoms with Crippen LogP contribution in [-0.4, -0.2) is 59.8 Å². The van der Waals surface area contributed by atoms with Crippen LogP contribution in [0.3, 0.4) is 0 Å². The Morgan fingerprint density at radius 1 is 1.12 bits per heavy atom. The van der Waals surface area contributed by atoms with Gasteiger partial charge >= 0.3 is 0 Å². The van der Waals surface area contributed by atoms with Gasteiger partial charge in [0.05, 0.1) is 12.9 Å². The van der Waals surface area contributed by atoms with E-state index in [4.69, 9.17) is 16.3 Å². The van der Waals surface area contributed by atoms with Crippen LogP contribution in [0.15, 0.2) is 36.7 Å². The topological polar surface area (TPSA) is 114 Å². The van der Waals surface area contributed by atoms with Crippen molar-refractivity contribution >= 4 is 22.8 Å². The number of rotatable bonds is 3. The highest BCUT2D eigenvalue weighted by Gasteiger charge is 2.44. The van der Waals surface area contributed by atoms with Crippen molar-refractivity contribution in [3.8, 4) is 11.4 Å². The van der Waals surface area contributed by atoms with E-state index < -0.39 is 31.1 Å². The van der Waals surface area contributed by atoms with Crippen molar-refractivity contribution in [3.05, 3.63) is 41.8 Å². The lowest BCUT2D eigenvalue weighted by molar-refractivity contribution is -0.0511. The molecule has 1 fully saturated rings. The third-order valence-electron chi connectivity index (χ3n) is 4.20. The zero-order valence-electron chi connectivity index (χ0n) is 12.9. The summed E-state index contributed by atoms with van der Waals surface area (Å²) in [5.74, 6) is 0.409. The maximum absolute atomic E-state index is 10.2. The number of aliphatic hydroxyl groups excluding tert-OH is 3. The molecule has 1 aliphatic rings. The monoisotopic (exact) mass is 362 g/mol. The highest BCUT2D eigenvalue weighted by molar-refractivity contribution is 6.33. The first-order valence-corrected chi connectivity index (χ1v) is 8.06. The summed E-state index contributed by atoms with van der Waals surface area (Å²) in [5, 5.41) is 29.6. The Balaban J connectivity index is 1.82. The van der Waals surface area contributed by atoms with Gasteiger partial charge in [0, 0.05) is 5.56 Å². The van der Waals surface area contributed by atoms with Gasteiger partial charge in [0.2, 0.25) is 0 Å². The largest absolute Gasteiger partial charge is 0.394 e. The van der Waals surface area contributed by atoms with Gasteiger partial charge in [-0.15, -0.1) is 0 Å². The summed E-state index contributed by atoms with van der Waals surface area (Å²) in [6, 6.07) is 9.31. The fourth-order valence-electron chi connectivity index (χ4n) is 2.89. The second kappa shape index (κ2) is 6.32. The van der Waals surface area contributed by atoms with E-state index in [2.05, 4.69) is 15.0 Å². The number of nitrogens with zero attached hydrogens (tertiary/aromatic N) is 4. The van der Waals surface area contributed by atoms with Crippen LogP contribution in [0.25, 0.3) is 22.6 Å². The quantitative estimate of drug-likeness (QED) is 0.589. The van der Waals surface area contributed by atoms with Crippen molar-refractivity contribution in [2.24, 2.45) is 0 Å². The molecule has 3 N–H and O–H groups in total. The number of aliphatic hydroxyl groups is 3. The lowest BCUT2D eigenvalue weighted by atomic mass is 10.1. The van der Waals surface area contributed by atoms with Crippen molar-refractivity contribution in [3.63, 3.8) is 0 Å². The van der Waals surface area contributed by atoms with E-state index in [1.807, 2.05) is 30.3 Å². The number of benzene rings is 1. The molecule has 0 saturated carbocycles. The molecule has 0 bridgehead atoms. The van der Waals surface area contributed by atoms with Gasteiger partial charge in [-0.1, -0.05) is 41.9 Å². The zero-order valence-corrected chi connectivity index (χ0v) is 13.7. The molecule has 25 heavy (non-hydrogen) atoms. The van der Waals surface area contributed by atoms with Gasteiger partial charge in [-0.25, -0.2) is 15.0 Å². The van der Waals surface area contributed by atoms with Crippen molar-refractivity contribution in [2.45, 2.75) is 24.5 Å². The maximum atomic E-state index is 10.2. The molecule has 1 aromatic carbocycles. The summed E-state index contributed by atoms with van der Waals surface area (Å²) in [5.41, 5.74) is 1.51. The number of fused-ring (bicyclic) bond motifs is 1. The first-order valence-electron chi connectivity index (χ1n) is 7.68. The summed E-state index contributed by atoms with van der Waals surface area (Å²) in [6.07, 6.45) is -2.85. The smallest absolute Gasteiger partial charge is 0.167 e. The van der Waals surface area contributed by atoms with Crippen molar-refractivity contribution < 1.29 is 20.1 Å². The lowest BCUT2D eigenvalue weighted by Gasteiger charge is -2.16. The number of aromatic nitrogens is 4. The van der Waals surface area contributed by atoms with Gasteiger partial charge in [-0.2, -0.15) is 0 Å². The SMILES string of the molecule is OC[C@H]1O[C@@H](n2cnc3c(Cl)nc(-c4ccccc4)nc32)[C@H](O)[C@@H]1O. The minimum atomic E-state index is -1.23. The summed E-state index contributed by atoms with van der Waals surface area (Å²) in [6.45, 7) is -0.410. The summed E-state index contributed by atoms with van der Waals surface area (Å²) >= 11 is 6.23. The Kier molecular flexibility index (Phi) is 4.14. The molecule has 0 radical (unpaired) electrons. The van der Waals surface area contributed by atoms with Gasteiger partial charge in [0.1, 0.15) is 23.8 Å². The normalized spacial score (nSPS) is 26.4. The van der Waals surface area contributed by atoms with Gasteiger partial charge in [0.15, 0.2) is 22.9 Å². The molecule has 0 unspecified atom stereocenters. The molecule has 9 heteroatoms. The summed E-state index contributed by atoms with van der Waals surface area (Å²) in [7, 11) is 0. The highest BCUT2D eigenvalue weighted by atomic mass is 35.5. The molecule has 1 saturated heterocycles.